The van der Waals surface area contributed by atoms with E-state index in [1.807, 2.05) is 109 Å². The zero-order valence-corrected chi connectivity index (χ0v) is 23.5. The minimum atomic E-state index is -0.358. The van der Waals surface area contributed by atoms with Gasteiger partial charge in [0.25, 0.3) is 11.8 Å². The predicted molar refractivity (Wildman–Crippen MR) is 173 cm³/mol. The molecule has 6 heteroatoms. The molecule has 4 heterocycles. The number of hydrogen-bond donors (Lipinski definition) is 0. The molecule has 0 fully saturated rings. The van der Waals surface area contributed by atoms with Crippen molar-refractivity contribution >= 4 is 22.6 Å². The minimum Gasteiger partial charge on any atom is -0.267 e. The number of imide groups is 1. The summed E-state index contributed by atoms with van der Waals surface area (Å²) in [6.07, 6.45) is 3.55. The Labute approximate surface area is 253 Å². The molecule has 1 aliphatic rings. The van der Waals surface area contributed by atoms with Gasteiger partial charge in [0.05, 0.1) is 33.9 Å². The molecule has 0 bridgehead atoms. The number of benzene rings is 4. The van der Waals surface area contributed by atoms with E-state index in [-0.39, 0.29) is 11.8 Å². The monoisotopic (exact) mass is 568 g/mol. The van der Waals surface area contributed by atoms with E-state index in [9.17, 15) is 9.59 Å². The fourth-order valence-corrected chi connectivity index (χ4v) is 6.01. The van der Waals surface area contributed by atoms with Crippen LogP contribution in [0.1, 0.15) is 20.7 Å². The van der Waals surface area contributed by atoms with Crippen molar-refractivity contribution in [3.8, 4) is 45.0 Å². The summed E-state index contributed by atoms with van der Waals surface area (Å²) in [5, 5.41) is 3.14. The van der Waals surface area contributed by atoms with Crippen molar-refractivity contribution in [1.82, 2.24) is 14.6 Å². The second kappa shape index (κ2) is 10.3. The molecule has 0 N–H and O–H groups in total. The highest BCUT2D eigenvalue weighted by Crippen LogP contribution is 2.42. The van der Waals surface area contributed by atoms with Crippen molar-refractivity contribution in [3.05, 3.63) is 157 Å². The summed E-state index contributed by atoms with van der Waals surface area (Å²) >= 11 is 0. The van der Waals surface area contributed by atoms with E-state index in [4.69, 9.17) is 0 Å². The summed E-state index contributed by atoms with van der Waals surface area (Å²) in [7, 11) is 0. The molecule has 0 spiro atoms. The molecule has 7 aromatic rings. The fraction of sp³-hybridized carbons (Fsp3) is 0. The summed E-state index contributed by atoms with van der Waals surface area (Å²) in [5.74, 6) is -0.716. The lowest BCUT2D eigenvalue weighted by Gasteiger charge is -2.23. The summed E-state index contributed by atoms with van der Waals surface area (Å²) < 4.78 is 1.81. The summed E-state index contributed by atoms with van der Waals surface area (Å²) in [4.78, 5) is 37.0. The van der Waals surface area contributed by atoms with Gasteiger partial charge in [0.15, 0.2) is 0 Å². The molecule has 0 radical (unpaired) electrons. The highest BCUT2D eigenvalue weighted by Gasteiger charge is 2.39. The lowest BCUT2D eigenvalue weighted by atomic mass is 10.0. The van der Waals surface area contributed by atoms with E-state index in [1.54, 1.807) is 41.3 Å². The lowest BCUT2D eigenvalue weighted by molar-refractivity contribution is 0.0888. The van der Waals surface area contributed by atoms with Gasteiger partial charge in [-0.15, -0.1) is 0 Å². The van der Waals surface area contributed by atoms with Crippen molar-refractivity contribution < 1.29 is 9.59 Å². The Bertz CT molecular complexity index is 2030. The number of carbonyl (C=O) groups is 2. The van der Waals surface area contributed by atoms with Gasteiger partial charge < -0.3 is 0 Å². The molecule has 0 aliphatic carbocycles. The largest absolute Gasteiger partial charge is 0.281 e. The fourth-order valence-electron chi connectivity index (χ4n) is 6.01. The quantitative estimate of drug-likeness (QED) is 0.197. The standard InChI is InChI=1S/C38H24N4O2/c43-37-31-11-3-4-12-32(31)38(44)42(37)41-35(27-19-15-25(16-20-27)33-13-5-7-23-39-33)29-9-1-2-10-30(29)36(41)28-21-17-26(18-22-28)34-14-6-8-24-40-34/h1-24H. The zero-order valence-electron chi connectivity index (χ0n) is 23.5. The third-order valence-electron chi connectivity index (χ3n) is 8.07. The number of carbonyl (C=O) groups excluding carboxylic acids is 2. The van der Waals surface area contributed by atoms with Crippen LogP contribution >= 0.6 is 0 Å². The van der Waals surface area contributed by atoms with E-state index in [1.165, 1.54) is 5.01 Å². The van der Waals surface area contributed by atoms with Crippen LogP contribution in [0.25, 0.3) is 55.8 Å². The topological polar surface area (TPSA) is 68.1 Å². The summed E-state index contributed by atoms with van der Waals surface area (Å²) in [5.41, 5.74) is 7.72. The van der Waals surface area contributed by atoms with Gasteiger partial charge in [0.2, 0.25) is 0 Å². The molecule has 6 nitrogen and oxygen atoms in total. The molecule has 0 saturated heterocycles. The van der Waals surface area contributed by atoms with Crippen LogP contribution in [-0.4, -0.2) is 26.5 Å². The van der Waals surface area contributed by atoms with E-state index >= 15 is 0 Å². The summed E-state index contributed by atoms with van der Waals surface area (Å²) in [6, 6.07) is 42.9. The van der Waals surface area contributed by atoms with Crippen molar-refractivity contribution in [1.29, 1.82) is 0 Å². The molecule has 8 rings (SSSR count). The van der Waals surface area contributed by atoms with Gasteiger partial charge >= 0.3 is 0 Å². The molecular formula is C38H24N4O2. The number of pyridine rings is 2. The Morgan fingerprint density at radius 3 is 1.20 bits per heavy atom. The van der Waals surface area contributed by atoms with Crippen LogP contribution < -0.4 is 5.01 Å². The van der Waals surface area contributed by atoms with Crippen molar-refractivity contribution in [2.75, 3.05) is 5.01 Å². The van der Waals surface area contributed by atoms with Gasteiger partial charge in [-0.25, -0.2) is 4.68 Å². The first kappa shape index (κ1) is 25.6. The van der Waals surface area contributed by atoms with Gasteiger partial charge in [-0.05, 0) is 36.4 Å². The zero-order chi connectivity index (χ0) is 29.6. The van der Waals surface area contributed by atoms with Crippen molar-refractivity contribution in [3.63, 3.8) is 0 Å². The third kappa shape index (κ3) is 4.04. The van der Waals surface area contributed by atoms with Crippen LogP contribution in [0.5, 0.6) is 0 Å². The first-order valence-electron chi connectivity index (χ1n) is 14.3. The minimum absolute atomic E-state index is 0.358. The molecule has 1 aliphatic heterocycles. The summed E-state index contributed by atoms with van der Waals surface area (Å²) in [6.45, 7) is 0. The van der Waals surface area contributed by atoms with Crippen LogP contribution in [0.4, 0.5) is 0 Å². The molecule has 0 saturated carbocycles. The van der Waals surface area contributed by atoms with Crippen molar-refractivity contribution in [2.24, 2.45) is 0 Å². The Morgan fingerprint density at radius 1 is 0.409 bits per heavy atom. The maximum atomic E-state index is 14.0. The van der Waals surface area contributed by atoms with Crippen LogP contribution in [0, 0.1) is 0 Å². The van der Waals surface area contributed by atoms with E-state index in [0.717, 1.165) is 55.8 Å². The maximum Gasteiger partial charge on any atom is 0.281 e. The van der Waals surface area contributed by atoms with E-state index in [0.29, 0.717) is 11.1 Å². The van der Waals surface area contributed by atoms with E-state index < -0.39 is 0 Å². The molecule has 0 unspecified atom stereocenters. The number of nitrogens with zero attached hydrogens (tertiary/aromatic N) is 4. The van der Waals surface area contributed by atoms with Crippen LogP contribution in [0.15, 0.2) is 146 Å². The molecule has 2 amide bonds. The third-order valence-corrected chi connectivity index (χ3v) is 8.07. The van der Waals surface area contributed by atoms with Crippen molar-refractivity contribution in [2.45, 2.75) is 0 Å². The van der Waals surface area contributed by atoms with Gasteiger partial charge in [0.1, 0.15) is 0 Å². The van der Waals surface area contributed by atoms with Gasteiger partial charge in [-0.3, -0.25) is 19.6 Å². The second-order valence-electron chi connectivity index (χ2n) is 10.6. The predicted octanol–water partition coefficient (Wildman–Crippen LogP) is 8.03. The number of aromatic nitrogens is 3. The number of rotatable bonds is 5. The van der Waals surface area contributed by atoms with Gasteiger partial charge in [-0.2, -0.15) is 5.01 Å². The lowest BCUT2D eigenvalue weighted by Crippen LogP contribution is -2.40. The Kier molecular flexibility index (Phi) is 5.98. The first-order valence-corrected chi connectivity index (χ1v) is 14.3. The van der Waals surface area contributed by atoms with Gasteiger partial charge in [0, 0.05) is 45.4 Å². The average molecular weight is 569 g/mol. The van der Waals surface area contributed by atoms with Crippen LogP contribution in [-0.2, 0) is 0 Å². The molecular weight excluding hydrogens is 544 g/mol. The normalized spacial score (nSPS) is 12.6. The SMILES string of the molecule is O=C1c2ccccc2C(=O)N1n1c(-c2ccc(-c3ccccn3)cc2)c2ccccc2c1-c1ccc(-c2ccccn2)cc1. The number of hydrogen-bond acceptors (Lipinski definition) is 4. The Morgan fingerprint density at radius 2 is 0.795 bits per heavy atom. The molecule has 44 heavy (non-hydrogen) atoms. The van der Waals surface area contributed by atoms with Crippen LogP contribution in [0.3, 0.4) is 0 Å². The maximum absolute atomic E-state index is 14.0. The molecule has 0 atom stereocenters. The van der Waals surface area contributed by atoms with Gasteiger partial charge in [-0.1, -0.05) is 97.1 Å². The highest BCUT2D eigenvalue weighted by atomic mass is 16.2. The Balaban J connectivity index is 1.37. The average Bonchev–Trinajstić information content (AvgIpc) is 3.56. The van der Waals surface area contributed by atoms with Crippen LogP contribution in [0.2, 0.25) is 0 Å². The number of fused-ring (bicyclic) bond motifs is 2. The molecule has 4 aromatic carbocycles. The van der Waals surface area contributed by atoms with E-state index in [2.05, 4.69) is 9.97 Å². The second-order valence-corrected chi connectivity index (χ2v) is 10.6. The first-order chi connectivity index (χ1) is 21.7. The number of amides is 2. The highest BCUT2D eigenvalue weighted by molar-refractivity contribution is 6.31. The molecule has 3 aromatic heterocycles. The Hall–Kier alpha value is -6.14. The molecule has 208 valence electrons. The smallest absolute Gasteiger partial charge is 0.267 e.